The van der Waals surface area contributed by atoms with E-state index < -0.39 is 16.1 Å². The molecule has 23 heavy (non-hydrogen) atoms. The SMILES string of the molecule is CO[C@@H](CNS(=O)(=O)Cc1cccc(C)c1)c1cccc(F)c1. The van der Waals surface area contributed by atoms with Crippen molar-refractivity contribution in [2.75, 3.05) is 13.7 Å². The number of ether oxygens (including phenoxy) is 1. The number of methoxy groups -OCH3 is 1. The summed E-state index contributed by atoms with van der Waals surface area (Å²) in [7, 11) is -2.04. The van der Waals surface area contributed by atoms with E-state index in [-0.39, 0.29) is 18.1 Å². The molecule has 2 aromatic rings. The van der Waals surface area contributed by atoms with E-state index >= 15 is 0 Å². The summed E-state index contributed by atoms with van der Waals surface area (Å²) in [6.45, 7) is 1.96. The lowest BCUT2D eigenvalue weighted by atomic mass is 10.1. The molecule has 0 bridgehead atoms. The van der Waals surface area contributed by atoms with Gasteiger partial charge in [0.15, 0.2) is 0 Å². The van der Waals surface area contributed by atoms with E-state index in [9.17, 15) is 12.8 Å². The molecule has 1 N–H and O–H groups in total. The van der Waals surface area contributed by atoms with Crippen molar-refractivity contribution in [2.24, 2.45) is 0 Å². The van der Waals surface area contributed by atoms with Crippen LogP contribution in [0.15, 0.2) is 48.5 Å². The predicted octanol–water partition coefficient (Wildman–Crippen LogP) is 2.94. The summed E-state index contributed by atoms with van der Waals surface area (Å²) in [5.74, 6) is -0.485. The molecule has 0 fully saturated rings. The number of halogens is 1. The molecule has 0 aromatic heterocycles. The third-order valence-electron chi connectivity index (χ3n) is 3.43. The normalized spacial score (nSPS) is 13.0. The second-order valence-electron chi connectivity index (χ2n) is 5.38. The van der Waals surface area contributed by atoms with Gasteiger partial charge < -0.3 is 4.74 Å². The lowest BCUT2D eigenvalue weighted by molar-refractivity contribution is 0.107. The first-order chi connectivity index (χ1) is 10.9. The molecular weight excluding hydrogens is 317 g/mol. The topological polar surface area (TPSA) is 55.4 Å². The molecule has 0 amide bonds. The Morgan fingerprint density at radius 2 is 1.91 bits per heavy atom. The number of sulfonamides is 1. The summed E-state index contributed by atoms with van der Waals surface area (Å²) in [5, 5.41) is 0. The second kappa shape index (κ2) is 7.68. The van der Waals surface area contributed by atoms with E-state index in [1.165, 1.54) is 19.2 Å². The monoisotopic (exact) mass is 337 g/mol. The maximum absolute atomic E-state index is 13.3. The molecule has 6 heteroatoms. The van der Waals surface area contributed by atoms with Gasteiger partial charge in [0.25, 0.3) is 0 Å². The van der Waals surface area contributed by atoms with Crippen molar-refractivity contribution in [3.8, 4) is 0 Å². The van der Waals surface area contributed by atoms with Gasteiger partial charge in [0.05, 0.1) is 11.9 Å². The molecule has 0 radical (unpaired) electrons. The predicted molar refractivity (Wildman–Crippen MR) is 88.0 cm³/mol. The zero-order chi connectivity index (χ0) is 16.9. The minimum absolute atomic E-state index is 0.0497. The van der Waals surface area contributed by atoms with Crippen molar-refractivity contribution in [1.29, 1.82) is 0 Å². The fourth-order valence-corrected chi connectivity index (χ4v) is 3.44. The molecule has 0 aliphatic rings. The van der Waals surface area contributed by atoms with Gasteiger partial charge in [-0.1, -0.05) is 42.0 Å². The molecule has 2 rings (SSSR count). The molecule has 124 valence electrons. The first kappa shape index (κ1) is 17.6. The minimum atomic E-state index is -3.50. The molecule has 0 saturated heterocycles. The van der Waals surface area contributed by atoms with Crippen LogP contribution in [0.2, 0.25) is 0 Å². The van der Waals surface area contributed by atoms with Crippen LogP contribution in [0, 0.1) is 12.7 Å². The van der Waals surface area contributed by atoms with E-state index in [2.05, 4.69) is 4.72 Å². The number of aryl methyl sites for hydroxylation is 1. The Hall–Kier alpha value is -1.76. The lowest BCUT2D eigenvalue weighted by Gasteiger charge is -2.17. The summed E-state index contributed by atoms with van der Waals surface area (Å²) in [6.07, 6.45) is -0.544. The van der Waals surface area contributed by atoms with Crippen LogP contribution in [-0.2, 0) is 20.5 Å². The molecule has 4 nitrogen and oxygen atoms in total. The van der Waals surface area contributed by atoms with Gasteiger partial charge in [0.2, 0.25) is 10.0 Å². The van der Waals surface area contributed by atoms with Crippen LogP contribution < -0.4 is 4.72 Å². The van der Waals surface area contributed by atoms with Gasteiger partial charge in [0, 0.05) is 13.7 Å². The van der Waals surface area contributed by atoms with Gasteiger partial charge in [-0.2, -0.15) is 0 Å². The fraction of sp³-hybridized carbons (Fsp3) is 0.294. The number of hydrogen-bond acceptors (Lipinski definition) is 3. The Morgan fingerprint density at radius 1 is 1.17 bits per heavy atom. The molecule has 0 spiro atoms. The molecule has 0 unspecified atom stereocenters. The summed E-state index contributed by atoms with van der Waals surface area (Å²) in [6, 6.07) is 13.3. The Bertz CT molecular complexity index is 762. The standard InChI is InChI=1S/C17H20FNO3S/c1-13-5-3-6-14(9-13)12-23(20,21)19-11-17(22-2)15-7-4-8-16(18)10-15/h3-10,17,19H,11-12H2,1-2H3/t17-/m0/s1. The van der Waals surface area contributed by atoms with Gasteiger partial charge in [-0.05, 0) is 30.2 Å². The first-order valence-corrected chi connectivity index (χ1v) is 8.86. The maximum Gasteiger partial charge on any atom is 0.215 e. The Labute approximate surface area is 136 Å². The van der Waals surface area contributed by atoms with Crippen LogP contribution in [0.1, 0.15) is 22.8 Å². The number of nitrogens with one attached hydrogen (secondary N) is 1. The number of benzene rings is 2. The molecule has 0 aliphatic carbocycles. The number of hydrogen-bond donors (Lipinski definition) is 1. The van der Waals surface area contributed by atoms with Gasteiger partial charge in [-0.15, -0.1) is 0 Å². The molecule has 0 saturated carbocycles. The van der Waals surface area contributed by atoms with Crippen molar-refractivity contribution >= 4 is 10.0 Å². The van der Waals surface area contributed by atoms with Crippen molar-refractivity contribution in [3.63, 3.8) is 0 Å². The highest BCUT2D eigenvalue weighted by molar-refractivity contribution is 7.88. The largest absolute Gasteiger partial charge is 0.375 e. The van der Waals surface area contributed by atoms with Crippen molar-refractivity contribution in [2.45, 2.75) is 18.8 Å². The van der Waals surface area contributed by atoms with Gasteiger partial charge in [-0.25, -0.2) is 17.5 Å². The van der Waals surface area contributed by atoms with E-state index in [1.807, 2.05) is 25.1 Å². The number of rotatable bonds is 7. The summed E-state index contributed by atoms with van der Waals surface area (Å²) >= 11 is 0. The molecule has 1 atom stereocenters. The van der Waals surface area contributed by atoms with E-state index in [0.717, 1.165) is 11.1 Å². The third kappa shape index (κ3) is 5.42. The van der Waals surface area contributed by atoms with Crippen LogP contribution >= 0.6 is 0 Å². The molecule has 2 aromatic carbocycles. The highest BCUT2D eigenvalue weighted by atomic mass is 32.2. The molecular formula is C17H20FNO3S. The quantitative estimate of drug-likeness (QED) is 0.845. The van der Waals surface area contributed by atoms with Crippen LogP contribution in [0.25, 0.3) is 0 Å². The maximum atomic E-state index is 13.3. The van der Waals surface area contributed by atoms with Gasteiger partial charge >= 0.3 is 0 Å². The summed E-state index contributed by atoms with van der Waals surface area (Å²) < 4.78 is 45.4. The lowest BCUT2D eigenvalue weighted by Crippen LogP contribution is -2.30. The Morgan fingerprint density at radius 3 is 2.57 bits per heavy atom. The smallest absolute Gasteiger partial charge is 0.215 e. The van der Waals surface area contributed by atoms with Crippen LogP contribution in [0.4, 0.5) is 4.39 Å². The minimum Gasteiger partial charge on any atom is -0.375 e. The molecule has 0 aliphatic heterocycles. The fourth-order valence-electron chi connectivity index (χ4n) is 2.32. The Kier molecular flexibility index (Phi) is 5.87. The van der Waals surface area contributed by atoms with Crippen LogP contribution in [0.3, 0.4) is 0 Å². The Balaban J connectivity index is 2.02. The zero-order valence-electron chi connectivity index (χ0n) is 13.1. The van der Waals surface area contributed by atoms with Crippen molar-refractivity contribution in [3.05, 3.63) is 71.0 Å². The van der Waals surface area contributed by atoms with E-state index in [1.54, 1.807) is 18.2 Å². The van der Waals surface area contributed by atoms with Gasteiger partial charge in [-0.3, -0.25) is 0 Å². The van der Waals surface area contributed by atoms with E-state index in [0.29, 0.717) is 5.56 Å². The van der Waals surface area contributed by atoms with E-state index in [4.69, 9.17) is 4.74 Å². The molecule has 0 heterocycles. The van der Waals surface area contributed by atoms with Gasteiger partial charge in [0.1, 0.15) is 5.82 Å². The second-order valence-corrected chi connectivity index (χ2v) is 7.18. The average Bonchev–Trinajstić information content (AvgIpc) is 2.47. The third-order valence-corrected chi connectivity index (χ3v) is 4.75. The van der Waals surface area contributed by atoms with Crippen LogP contribution in [0.5, 0.6) is 0 Å². The van der Waals surface area contributed by atoms with Crippen molar-refractivity contribution < 1.29 is 17.5 Å². The summed E-state index contributed by atoms with van der Waals surface area (Å²) in [4.78, 5) is 0. The highest BCUT2D eigenvalue weighted by Gasteiger charge is 2.17. The average molecular weight is 337 g/mol. The van der Waals surface area contributed by atoms with Crippen molar-refractivity contribution in [1.82, 2.24) is 4.72 Å². The van der Waals surface area contributed by atoms with Crippen LogP contribution in [-0.4, -0.2) is 22.1 Å². The zero-order valence-corrected chi connectivity index (χ0v) is 13.9. The highest BCUT2D eigenvalue weighted by Crippen LogP contribution is 2.17. The summed E-state index contributed by atoms with van der Waals surface area (Å²) in [5.41, 5.74) is 2.32. The first-order valence-electron chi connectivity index (χ1n) is 7.21.